The Morgan fingerprint density at radius 3 is 2.37 bits per heavy atom. The molecule has 7 heteroatoms. The first kappa shape index (κ1) is 21.8. The molecule has 0 radical (unpaired) electrons. The van der Waals surface area contributed by atoms with Gasteiger partial charge in [0.15, 0.2) is 0 Å². The highest BCUT2D eigenvalue weighted by atomic mass is 35.5. The van der Waals surface area contributed by atoms with E-state index >= 15 is 0 Å². The third-order valence-corrected chi connectivity index (χ3v) is 4.79. The summed E-state index contributed by atoms with van der Waals surface area (Å²) in [7, 11) is 0. The summed E-state index contributed by atoms with van der Waals surface area (Å²) in [6.07, 6.45) is 0.534. The summed E-state index contributed by atoms with van der Waals surface area (Å²) in [5.41, 5.74) is 1.58. The molecule has 1 unspecified atom stereocenters. The average molecular weight is 431 g/mol. The number of carbonyl (C=O) groups is 1. The van der Waals surface area contributed by atoms with Crippen molar-refractivity contribution in [2.75, 3.05) is 0 Å². The van der Waals surface area contributed by atoms with E-state index in [1.807, 2.05) is 19.9 Å². The number of rotatable bonds is 9. The molecule has 0 aliphatic rings. The number of hydrogen-bond acceptors (Lipinski definition) is 3. The minimum atomic E-state index is -0.874. The van der Waals surface area contributed by atoms with Gasteiger partial charge in [-0.15, -0.1) is 0 Å². The van der Waals surface area contributed by atoms with Crippen molar-refractivity contribution < 1.29 is 14.6 Å². The Morgan fingerprint density at radius 1 is 1.07 bits per heavy atom. The Hall–Kier alpha value is -1.46. The van der Waals surface area contributed by atoms with E-state index in [1.165, 1.54) is 0 Å². The number of carboxylic acid groups (broad SMARTS) is 1. The van der Waals surface area contributed by atoms with Gasteiger partial charge in [0, 0.05) is 32.7 Å². The number of benzene rings is 2. The van der Waals surface area contributed by atoms with Crippen LogP contribution in [0.4, 0.5) is 0 Å². The SMILES string of the molecule is CC(C)CC(NCc1cc(Cl)ccc1OCc1ccc(Cl)cc1Cl)C(=O)O. The number of carboxylic acids is 1. The van der Waals surface area contributed by atoms with Gasteiger partial charge in [0.1, 0.15) is 18.4 Å². The molecule has 0 fully saturated rings. The van der Waals surface area contributed by atoms with E-state index < -0.39 is 12.0 Å². The van der Waals surface area contributed by atoms with E-state index in [4.69, 9.17) is 39.5 Å². The van der Waals surface area contributed by atoms with Gasteiger partial charge >= 0.3 is 5.97 Å². The fourth-order valence-electron chi connectivity index (χ4n) is 2.60. The second kappa shape index (κ2) is 10.2. The van der Waals surface area contributed by atoms with Crippen LogP contribution in [0.5, 0.6) is 5.75 Å². The zero-order chi connectivity index (χ0) is 20.0. The smallest absolute Gasteiger partial charge is 0.320 e. The van der Waals surface area contributed by atoms with Crippen LogP contribution in [0.1, 0.15) is 31.4 Å². The lowest BCUT2D eigenvalue weighted by molar-refractivity contribution is -0.140. The van der Waals surface area contributed by atoms with Crippen LogP contribution in [0, 0.1) is 5.92 Å². The van der Waals surface area contributed by atoms with Gasteiger partial charge in [0.05, 0.1) is 0 Å². The maximum atomic E-state index is 11.4. The first-order valence-electron chi connectivity index (χ1n) is 8.57. The largest absolute Gasteiger partial charge is 0.489 e. The Bertz CT molecular complexity index is 796. The maximum Gasteiger partial charge on any atom is 0.320 e. The van der Waals surface area contributed by atoms with Crippen LogP contribution < -0.4 is 10.1 Å². The van der Waals surface area contributed by atoms with Crippen LogP contribution in [0.15, 0.2) is 36.4 Å². The van der Waals surface area contributed by atoms with Crippen LogP contribution in [0.3, 0.4) is 0 Å². The van der Waals surface area contributed by atoms with Crippen molar-refractivity contribution in [3.05, 3.63) is 62.6 Å². The van der Waals surface area contributed by atoms with E-state index in [1.54, 1.807) is 30.3 Å². The van der Waals surface area contributed by atoms with Crippen molar-refractivity contribution in [2.45, 2.75) is 39.5 Å². The van der Waals surface area contributed by atoms with Gasteiger partial charge in [-0.05, 0) is 42.7 Å². The maximum absolute atomic E-state index is 11.4. The van der Waals surface area contributed by atoms with Gasteiger partial charge in [-0.1, -0.05) is 54.7 Å². The zero-order valence-corrected chi connectivity index (χ0v) is 17.4. The summed E-state index contributed by atoms with van der Waals surface area (Å²) in [5.74, 6) is 0.00785. The molecule has 0 aromatic heterocycles. The number of ether oxygens (including phenoxy) is 1. The minimum Gasteiger partial charge on any atom is -0.489 e. The summed E-state index contributed by atoms with van der Waals surface area (Å²) in [6, 6.07) is 9.84. The van der Waals surface area contributed by atoms with E-state index in [0.29, 0.717) is 33.8 Å². The van der Waals surface area contributed by atoms with Gasteiger partial charge in [0.2, 0.25) is 0 Å². The van der Waals surface area contributed by atoms with Crippen LogP contribution >= 0.6 is 34.8 Å². The highest BCUT2D eigenvalue weighted by molar-refractivity contribution is 6.35. The molecule has 2 rings (SSSR count). The van der Waals surface area contributed by atoms with Gasteiger partial charge in [-0.2, -0.15) is 0 Å². The molecule has 4 nitrogen and oxygen atoms in total. The second-order valence-corrected chi connectivity index (χ2v) is 7.96. The lowest BCUT2D eigenvalue weighted by atomic mass is 10.0. The molecule has 0 aliphatic heterocycles. The Balaban J connectivity index is 2.10. The quantitative estimate of drug-likeness (QED) is 0.526. The lowest BCUT2D eigenvalue weighted by Gasteiger charge is -2.18. The topological polar surface area (TPSA) is 58.6 Å². The third kappa shape index (κ3) is 6.89. The van der Waals surface area contributed by atoms with Gasteiger partial charge < -0.3 is 15.2 Å². The monoisotopic (exact) mass is 429 g/mol. The molecule has 0 saturated carbocycles. The standard InChI is InChI=1S/C20H22Cl3NO3/c1-12(2)7-18(20(25)26)24-10-14-8-15(21)5-6-19(14)27-11-13-3-4-16(22)9-17(13)23/h3-6,8-9,12,18,24H,7,10-11H2,1-2H3,(H,25,26). The van der Waals surface area contributed by atoms with E-state index in [0.717, 1.165) is 11.1 Å². The molecule has 1 atom stereocenters. The van der Waals surface area contributed by atoms with Crippen molar-refractivity contribution in [3.8, 4) is 5.75 Å². The molecule has 0 amide bonds. The molecule has 0 aliphatic carbocycles. The molecule has 2 aromatic carbocycles. The lowest BCUT2D eigenvalue weighted by Crippen LogP contribution is -2.37. The first-order chi connectivity index (χ1) is 12.8. The summed E-state index contributed by atoms with van der Waals surface area (Å²) >= 11 is 18.2. The predicted molar refractivity (Wildman–Crippen MR) is 110 cm³/mol. The summed E-state index contributed by atoms with van der Waals surface area (Å²) in [5, 5.41) is 14.1. The molecule has 2 N–H and O–H groups in total. The number of aliphatic carboxylic acids is 1. The van der Waals surface area contributed by atoms with Crippen molar-refractivity contribution in [1.82, 2.24) is 5.32 Å². The minimum absolute atomic E-state index is 0.263. The fraction of sp³-hybridized carbons (Fsp3) is 0.350. The van der Waals surface area contributed by atoms with E-state index in [-0.39, 0.29) is 12.5 Å². The molecule has 27 heavy (non-hydrogen) atoms. The van der Waals surface area contributed by atoms with E-state index in [2.05, 4.69) is 5.32 Å². The highest BCUT2D eigenvalue weighted by Crippen LogP contribution is 2.26. The van der Waals surface area contributed by atoms with Crippen molar-refractivity contribution in [3.63, 3.8) is 0 Å². The first-order valence-corrected chi connectivity index (χ1v) is 9.71. The molecule has 2 aromatic rings. The molecular weight excluding hydrogens is 409 g/mol. The summed E-state index contributed by atoms with van der Waals surface area (Å²) in [4.78, 5) is 11.4. The Kier molecular flexibility index (Phi) is 8.24. The van der Waals surface area contributed by atoms with Gasteiger partial charge in [-0.25, -0.2) is 0 Å². The van der Waals surface area contributed by atoms with E-state index in [9.17, 15) is 9.90 Å². The second-order valence-electron chi connectivity index (χ2n) is 6.68. The Morgan fingerprint density at radius 2 is 1.74 bits per heavy atom. The molecule has 0 saturated heterocycles. The van der Waals surface area contributed by atoms with Crippen LogP contribution in [0.25, 0.3) is 0 Å². The Labute approximate surface area is 174 Å². The normalized spacial score (nSPS) is 12.2. The van der Waals surface area contributed by atoms with Gasteiger partial charge in [0.25, 0.3) is 0 Å². The number of nitrogens with one attached hydrogen (secondary N) is 1. The highest BCUT2D eigenvalue weighted by Gasteiger charge is 2.19. The average Bonchev–Trinajstić information content (AvgIpc) is 2.58. The van der Waals surface area contributed by atoms with Crippen molar-refractivity contribution in [2.24, 2.45) is 5.92 Å². The number of halogens is 3. The molecule has 146 valence electrons. The molecule has 0 bridgehead atoms. The molecule has 0 heterocycles. The van der Waals surface area contributed by atoms with Crippen molar-refractivity contribution >= 4 is 40.8 Å². The molecular formula is C20H22Cl3NO3. The van der Waals surface area contributed by atoms with Gasteiger partial charge in [-0.3, -0.25) is 4.79 Å². The van der Waals surface area contributed by atoms with Crippen molar-refractivity contribution in [1.29, 1.82) is 0 Å². The number of hydrogen-bond donors (Lipinski definition) is 2. The zero-order valence-electron chi connectivity index (χ0n) is 15.1. The summed E-state index contributed by atoms with van der Waals surface area (Å²) < 4.78 is 5.90. The van der Waals surface area contributed by atoms with Crippen LogP contribution in [-0.4, -0.2) is 17.1 Å². The van der Waals surface area contributed by atoms with Crippen LogP contribution in [-0.2, 0) is 17.9 Å². The van der Waals surface area contributed by atoms with Crippen LogP contribution in [0.2, 0.25) is 15.1 Å². The molecule has 0 spiro atoms. The fourth-order valence-corrected chi connectivity index (χ4v) is 3.25. The summed E-state index contributed by atoms with van der Waals surface area (Å²) in [6.45, 7) is 4.57. The third-order valence-electron chi connectivity index (χ3n) is 3.96. The predicted octanol–water partition coefficient (Wildman–Crippen LogP) is 5.81.